The molecule has 0 fully saturated rings. The summed E-state index contributed by atoms with van der Waals surface area (Å²) >= 11 is 3.37. The van der Waals surface area contributed by atoms with E-state index < -0.39 is 0 Å². The number of fused-ring (bicyclic) bond motifs is 1. The number of ketones is 1. The van der Waals surface area contributed by atoms with Gasteiger partial charge in [-0.1, -0.05) is 15.9 Å². The first-order valence-electron chi connectivity index (χ1n) is 9.18. The maximum atomic E-state index is 13.4. The summed E-state index contributed by atoms with van der Waals surface area (Å²) in [6.45, 7) is 0. The Balaban J connectivity index is 2.04. The standard InChI is InChI=1S/C22H18BrN3O5/c1-29-14-8-12(9-15(30-2)20(14)31-3)16-17-21(24-10-25-22(17)28)26-18(16)19(27)11-4-6-13(23)7-5-11/h4-10H,1-3H3,(H2,24,25,26,28). The van der Waals surface area contributed by atoms with Crippen LogP contribution in [0.5, 0.6) is 17.2 Å². The zero-order valence-electron chi connectivity index (χ0n) is 16.9. The summed E-state index contributed by atoms with van der Waals surface area (Å²) in [5.74, 6) is 0.914. The Morgan fingerprint density at radius 3 is 2.23 bits per heavy atom. The van der Waals surface area contributed by atoms with Gasteiger partial charge in [0.2, 0.25) is 11.5 Å². The number of ether oxygens (including phenoxy) is 3. The molecule has 4 rings (SSSR count). The van der Waals surface area contributed by atoms with Gasteiger partial charge >= 0.3 is 0 Å². The molecule has 0 saturated carbocycles. The maximum absolute atomic E-state index is 13.4. The van der Waals surface area contributed by atoms with Crippen molar-refractivity contribution in [3.05, 3.63) is 68.8 Å². The van der Waals surface area contributed by atoms with Crippen molar-refractivity contribution in [2.75, 3.05) is 21.3 Å². The first kappa shape index (κ1) is 20.7. The molecule has 8 nitrogen and oxygen atoms in total. The molecule has 4 aromatic rings. The average Bonchev–Trinajstić information content (AvgIpc) is 3.19. The predicted octanol–water partition coefficient (Wildman–Crippen LogP) is 3.94. The van der Waals surface area contributed by atoms with E-state index in [2.05, 4.69) is 30.9 Å². The lowest BCUT2D eigenvalue weighted by Gasteiger charge is -2.14. The van der Waals surface area contributed by atoms with E-state index in [1.54, 1.807) is 36.4 Å². The van der Waals surface area contributed by atoms with Crippen LogP contribution in [0.25, 0.3) is 22.2 Å². The Bertz CT molecular complexity index is 1320. The molecule has 0 bridgehead atoms. The van der Waals surface area contributed by atoms with Gasteiger partial charge in [0.05, 0.1) is 38.7 Å². The normalized spacial score (nSPS) is 10.8. The third-order valence-electron chi connectivity index (χ3n) is 4.88. The van der Waals surface area contributed by atoms with Crippen molar-refractivity contribution < 1.29 is 19.0 Å². The van der Waals surface area contributed by atoms with Crippen LogP contribution in [0.15, 0.2) is 52.0 Å². The largest absolute Gasteiger partial charge is 0.493 e. The zero-order valence-corrected chi connectivity index (χ0v) is 18.5. The van der Waals surface area contributed by atoms with E-state index in [0.29, 0.717) is 39.6 Å². The van der Waals surface area contributed by atoms with Crippen LogP contribution in [-0.2, 0) is 0 Å². The molecule has 0 aliphatic carbocycles. The second kappa shape index (κ2) is 8.27. The molecule has 2 aromatic carbocycles. The number of halogens is 1. The monoisotopic (exact) mass is 483 g/mol. The highest BCUT2D eigenvalue weighted by atomic mass is 79.9. The van der Waals surface area contributed by atoms with Crippen molar-refractivity contribution in [1.29, 1.82) is 0 Å². The molecule has 0 aliphatic rings. The van der Waals surface area contributed by atoms with Gasteiger partial charge in [-0.15, -0.1) is 0 Å². The van der Waals surface area contributed by atoms with Crippen LogP contribution in [0.2, 0.25) is 0 Å². The van der Waals surface area contributed by atoms with Crippen LogP contribution in [0.4, 0.5) is 0 Å². The number of carbonyl (C=O) groups is 1. The molecule has 0 unspecified atom stereocenters. The minimum absolute atomic E-state index is 0.232. The number of carbonyl (C=O) groups excluding carboxylic acids is 1. The Hall–Kier alpha value is -3.59. The van der Waals surface area contributed by atoms with Crippen LogP contribution in [-0.4, -0.2) is 42.1 Å². The van der Waals surface area contributed by atoms with Crippen molar-refractivity contribution in [3.63, 3.8) is 0 Å². The van der Waals surface area contributed by atoms with Crippen LogP contribution >= 0.6 is 15.9 Å². The summed E-state index contributed by atoms with van der Waals surface area (Å²) in [5, 5.41) is 0.261. The fourth-order valence-electron chi connectivity index (χ4n) is 3.46. The van der Waals surface area contributed by atoms with Gasteiger partial charge in [-0.3, -0.25) is 9.59 Å². The van der Waals surface area contributed by atoms with E-state index in [1.165, 1.54) is 27.7 Å². The van der Waals surface area contributed by atoms with Gasteiger partial charge in [0.15, 0.2) is 11.5 Å². The average molecular weight is 484 g/mol. The van der Waals surface area contributed by atoms with Gasteiger partial charge < -0.3 is 24.2 Å². The van der Waals surface area contributed by atoms with Crippen molar-refractivity contribution in [1.82, 2.24) is 15.0 Å². The Kier molecular flexibility index (Phi) is 5.51. The molecule has 158 valence electrons. The van der Waals surface area contributed by atoms with E-state index in [-0.39, 0.29) is 22.4 Å². The van der Waals surface area contributed by atoms with Gasteiger partial charge in [-0.2, -0.15) is 0 Å². The molecule has 2 N–H and O–H groups in total. The first-order chi connectivity index (χ1) is 15.0. The maximum Gasteiger partial charge on any atom is 0.260 e. The Labute approximate surface area is 185 Å². The predicted molar refractivity (Wildman–Crippen MR) is 119 cm³/mol. The SMILES string of the molecule is COc1cc(-c2c(C(=O)c3ccc(Br)cc3)[nH]c3nc[nH]c(=O)c23)cc(OC)c1OC. The molecule has 0 spiro atoms. The van der Waals surface area contributed by atoms with Crippen LogP contribution < -0.4 is 19.8 Å². The third kappa shape index (κ3) is 3.57. The number of aromatic nitrogens is 3. The number of hydrogen-bond acceptors (Lipinski definition) is 6. The molecule has 9 heteroatoms. The number of H-pyrrole nitrogens is 2. The van der Waals surface area contributed by atoms with Crippen LogP contribution in [0.1, 0.15) is 16.1 Å². The van der Waals surface area contributed by atoms with E-state index in [1.807, 2.05) is 0 Å². The van der Waals surface area contributed by atoms with Crippen LogP contribution in [0, 0.1) is 0 Å². The molecule has 2 heterocycles. The van der Waals surface area contributed by atoms with E-state index >= 15 is 0 Å². The summed E-state index contributed by atoms with van der Waals surface area (Å²) in [5.41, 5.74) is 1.56. The molecular formula is C22H18BrN3O5. The summed E-state index contributed by atoms with van der Waals surface area (Å²) in [6, 6.07) is 10.3. The Morgan fingerprint density at radius 1 is 1.00 bits per heavy atom. The lowest BCUT2D eigenvalue weighted by molar-refractivity contribution is 0.103. The van der Waals surface area contributed by atoms with Crippen molar-refractivity contribution in [2.45, 2.75) is 0 Å². The van der Waals surface area contributed by atoms with Gasteiger partial charge in [-0.25, -0.2) is 4.98 Å². The van der Waals surface area contributed by atoms with Crippen molar-refractivity contribution in [2.24, 2.45) is 0 Å². The number of rotatable bonds is 6. The second-order valence-corrected chi connectivity index (χ2v) is 7.50. The fraction of sp³-hybridized carbons (Fsp3) is 0.136. The van der Waals surface area contributed by atoms with Gasteiger partial charge in [0, 0.05) is 15.6 Å². The highest BCUT2D eigenvalue weighted by Crippen LogP contribution is 2.43. The molecule has 2 aromatic heterocycles. The first-order valence-corrected chi connectivity index (χ1v) is 9.97. The number of nitrogens with zero attached hydrogens (tertiary/aromatic N) is 1. The van der Waals surface area contributed by atoms with Gasteiger partial charge in [-0.05, 0) is 42.0 Å². The fourth-order valence-corrected chi connectivity index (χ4v) is 3.73. The molecule has 0 amide bonds. The van der Waals surface area contributed by atoms with E-state index in [4.69, 9.17) is 14.2 Å². The lowest BCUT2D eigenvalue weighted by atomic mass is 9.97. The molecule has 0 aliphatic heterocycles. The number of aromatic amines is 2. The molecule has 0 atom stereocenters. The quantitative estimate of drug-likeness (QED) is 0.402. The molecule has 31 heavy (non-hydrogen) atoms. The number of methoxy groups -OCH3 is 3. The van der Waals surface area contributed by atoms with Gasteiger partial charge in [0.1, 0.15) is 5.65 Å². The summed E-state index contributed by atoms with van der Waals surface area (Å²) in [7, 11) is 4.50. The lowest BCUT2D eigenvalue weighted by Crippen LogP contribution is -2.07. The molecular weight excluding hydrogens is 466 g/mol. The minimum Gasteiger partial charge on any atom is -0.493 e. The molecule has 0 radical (unpaired) electrons. The number of hydrogen-bond donors (Lipinski definition) is 2. The minimum atomic E-state index is -0.375. The van der Waals surface area contributed by atoms with Crippen molar-refractivity contribution in [3.8, 4) is 28.4 Å². The van der Waals surface area contributed by atoms with Crippen LogP contribution in [0.3, 0.4) is 0 Å². The molecule has 0 saturated heterocycles. The number of nitrogens with one attached hydrogen (secondary N) is 2. The Morgan fingerprint density at radius 2 is 1.65 bits per heavy atom. The summed E-state index contributed by atoms with van der Waals surface area (Å²) in [6.07, 6.45) is 1.29. The highest BCUT2D eigenvalue weighted by Gasteiger charge is 2.25. The number of benzene rings is 2. The van der Waals surface area contributed by atoms with Crippen molar-refractivity contribution >= 4 is 32.7 Å². The zero-order chi connectivity index (χ0) is 22.1. The van der Waals surface area contributed by atoms with E-state index in [9.17, 15) is 9.59 Å². The van der Waals surface area contributed by atoms with Gasteiger partial charge in [0.25, 0.3) is 5.56 Å². The topological polar surface area (TPSA) is 106 Å². The second-order valence-electron chi connectivity index (χ2n) is 6.58. The van der Waals surface area contributed by atoms with E-state index in [0.717, 1.165) is 4.47 Å². The summed E-state index contributed by atoms with van der Waals surface area (Å²) in [4.78, 5) is 35.9. The summed E-state index contributed by atoms with van der Waals surface area (Å²) < 4.78 is 17.1. The third-order valence-corrected chi connectivity index (χ3v) is 5.41. The smallest absolute Gasteiger partial charge is 0.260 e. The highest BCUT2D eigenvalue weighted by molar-refractivity contribution is 9.10.